The van der Waals surface area contributed by atoms with Crippen LogP contribution in [0.2, 0.25) is 5.02 Å². The van der Waals surface area contributed by atoms with Crippen molar-refractivity contribution >= 4 is 28.9 Å². The summed E-state index contributed by atoms with van der Waals surface area (Å²) in [4.78, 5) is 0. The van der Waals surface area contributed by atoms with E-state index in [9.17, 15) is 4.39 Å². The molecule has 18 heavy (non-hydrogen) atoms. The third-order valence-corrected chi connectivity index (χ3v) is 3.24. The van der Waals surface area contributed by atoms with Gasteiger partial charge in [0.05, 0.1) is 0 Å². The van der Waals surface area contributed by atoms with E-state index >= 15 is 0 Å². The van der Waals surface area contributed by atoms with Gasteiger partial charge in [0, 0.05) is 23.1 Å². The molecule has 0 radical (unpaired) electrons. The van der Waals surface area contributed by atoms with E-state index in [2.05, 4.69) is 5.32 Å². The quantitative estimate of drug-likeness (QED) is 0.793. The van der Waals surface area contributed by atoms with Crippen LogP contribution in [-0.2, 0) is 12.4 Å². The normalized spacial score (nSPS) is 10.4. The van der Waals surface area contributed by atoms with Crippen LogP contribution in [0.3, 0.4) is 0 Å². The lowest BCUT2D eigenvalue weighted by Crippen LogP contribution is -2.00. The molecule has 1 N–H and O–H groups in total. The molecule has 0 heterocycles. The van der Waals surface area contributed by atoms with Gasteiger partial charge in [-0.1, -0.05) is 29.8 Å². The van der Waals surface area contributed by atoms with Crippen molar-refractivity contribution in [1.82, 2.24) is 0 Å². The maximum atomic E-state index is 12.9. The third kappa shape index (κ3) is 3.37. The predicted molar refractivity (Wildman–Crippen MR) is 74.7 cm³/mol. The fourth-order valence-electron chi connectivity index (χ4n) is 1.63. The highest BCUT2D eigenvalue weighted by atomic mass is 35.5. The van der Waals surface area contributed by atoms with Crippen molar-refractivity contribution in [3.05, 3.63) is 64.4 Å². The Morgan fingerprint density at radius 2 is 1.94 bits per heavy atom. The van der Waals surface area contributed by atoms with Crippen molar-refractivity contribution in [1.29, 1.82) is 0 Å². The van der Waals surface area contributed by atoms with Crippen LogP contribution in [0.5, 0.6) is 0 Å². The SMILES string of the molecule is Fc1ccc(CNc2cccc(CCl)c2)c(Cl)c1. The van der Waals surface area contributed by atoms with Gasteiger partial charge in [-0.25, -0.2) is 4.39 Å². The van der Waals surface area contributed by atoms with E-state index in [0.717, 1.165) is 16.8 Å². The van der Waals surface area contributed by atoms with Gasteiger partial charge in [-0.05, 0) is 35.4 Å². The molecule has 0 aromatic heterocycles. The molecule has 0 spiro atoms. The van der Waals surface area contributed by atoms with Crippen molar-refractivity contribution in [3.63, 3.8) is 0 Å². The molecule has 0 saturated heterocycles. The zero-order valence-electron chi connectivity index (χ0n) is 9.59. The van der Waals surface area contributed by atoms with Crippen LogP contribution in [0.1, 0.15) is 11.1 Å². The predicted octanol–water partition coefficient (Wildman–Crippen LogP) is 4.83. The first-order chi connectivity index (χ1) is 8.69. The molecule has 0 amide bonds. The molecule has 0 bridgehead atoms. The molecule has 2 rings (SSSR count). The number of rotatable bonds is 4. The number of hydrogen-bond acceptors (Lipinski definition) is 1. The molecule has 0 saturated carbocycles. The van der Waals surface area contributed by atoms with E-state index in [-0.39, 0.29) is 5.82 Å². The van der Waals surface area contributed by atoms with Crippen molar-refractivity contribution in [2.75, 3.05) is 5.32 Å². The first-order valence-electron chi connectivity index (χ1n) is 5.52. The lowest BCUT2D eigenvalue weighted by molar-refractivity contribution is 0.627. The molecule has 4 heteroatoms. The monoisotopic (exact) mass is 283 g/mol. The smallest absolute Gasteiger partial charge is 0.124 e. The summed E-state index contributed by atoms with van der Waals surface area (Å²) in [6.07, 6.45) is 0. The molecule has 0 unspecified atom stereocenters. The lowest BCUT2D eigenvalue weighted by Gasteiger charge is -2.09. The van der Waals surface area contributed by atoms with E-state index in [0.29, 0.717) is 17.4 Å². The molecule has 1 nitrogen and oxygen atoms in total. The first kappa shape index (κ1) is 13.2. The van der Waals surface area contributed by atoms with Crippen LogP contribution < -0.4 is 5.32 Å². The molecule has 2 aromatic carbocycles. The maximum absolute atomic E-state index is 12.9. The topological polar surface area (TPSA) is 12.0 Å². The molecule has 94 valence electrons. The largest absolute Gasteiger partial charge is 0.381 e. The van der Waals surface area contributed by atoms with Crippen molar-refractivity contribution < 1.29 is 4.39 Å². The minimum absolute atomic E-state index is 0.326. The average molecular weight is 284 g/mol. The standard InChI is InChI=1S/C14H12Cl2FN/c15-8-10-2-1-3-13(6-10)18-9-11-4-5-12(17)7-14(11)16/h1-7,18H,8-9H2. The van der Waals surface area contributed by atoms with Crippen molar-refractivity contribution in [2.24, 2.45) is 0 Å². The van der Waals surface area contributed by atoms with E-state index < -0.39 is 0 Å². The average Bonchev–Trinajstić information content (AvgIpc) is 2.38. The number of halogens is 3. The van der Waals surface area contributed by atoms with Crippen LogP contribution in [0.4, 0.5) is 10.1 Å². The maximum Gasteiger partial charge on any atom is 0.124 e. The van der Waals surface area contributed by atoms with E-state index in [1.165, 1.54) is 12.1 Å². The van der Waals surface area contributed by atoms with E-state index in [1.807, 2.05) is 24.3 Å². The summed E-state index contributed by atoms with van der Waals surface area (Å²) in [5, 5.41) is 3.66. The molecule has 2 aromatic rings. The minimum Gasteiger partial charge on any atom is -0.381 e. The fourth-order valence-corrected chi connectivity index (χ4v) is 2.03. The minimum atomic E-state index is -0.326. The van der Waals surface area contributed by atoms with E-state index in [4.69, 9.17) is 23.2 Å². The highest BCUT2D eigenvalue weighted by molar-refractivity contribution is 6.31. The van der Waals surface area contributed by atoms with Crippen molar-refractivity contribution in [2.45, 2.75) is 12.4 Å². The zero-order chi connectivity index (χ0) is 13.0. The second-order valence-electron chi connectivity index (χ2n) is 3.92. The van der Waals surface area contributed by atoms with Gasteiger partial charge >= 0.3 is 0 Å². The Kier molecular flexibility index (Phi) is 4.45. The van der Waals surface area contributed by atoms with Crippen LogP contribution >= 0.6 is 23.2 Å². The van der Waals surface area contributed by atoms with Crippen molar-refractivity contribution in [3.8, 4) is 0 Å². The van der Waals surface area contributed by atoms with Crippen LogP contribution in [0.25, 0.3) is 0 Å². The highest BCUT2D eigenvalue weighted by Gasteiger charge is 2.02. The first-order valence-corrected chi connectivity index (χ1v) is 6.43. The Hall–Kier alpha value is -1.25. The van der Waals surface area contributed by atoms with E-state index in [1.54, 1.807) is 6.07 Å². The van der Waals surface area contributed by atoms with Gasteiger partial charge in [-0.2, -0.15) is 0 Å². The van der Waals surface area contributed by atoms with Crippen LogP contribution in [0, 0.1) is 5.82 Å². The lowest BCUT2D eigenvalue weighted by atomic mass is 10.2. The molecule has 0 aliphatic heterocycles. The Bertz CT molecular complexity index is 543. The summed E-state index contributed by atoms with van der Waals surface area (Å²) in [6.45, 7) is 0.546. The number of benzene rings is 2. The summed E-state index contributed by atoms with van der Waals surface area (Å²) in [5.41, 5.74) is 2.87. The summed E-state index contributed by atoms with van der Waals surface area (Å²) < 4.78 is 12.9. The number of nitrogens with one attached hydrogen (secondary N) is 1. The molecule has 0 atom stereocenters. The zero-order valence-corrected chi connectivity index (χ0v) is 11.1. The molecule has 0 aliphatic carbocycles. The van der Waals surface area contributed by atoms with Gasteiger partial charge in [0.15, 0.2) is 0 Å². The Labute approximate surface area is 116 Å². The third-order valence-electron chi connectivity index (χ3n) is 2.58. The summed E-state index contributed by atoms with van der Waals surface area (Å²) >= 11 is 11.7. The Morgan fingerprint density at radius 1 is 1.11 bits per heavy atom. The summed E-state index contributed by atoms with van der Waals surface area (Å²) in [5.74, 6) is 0.153. The van der Waals surface area contributed by atoms with Gasteiger partial charge in [0.2, 0.25) is 0 Å². The number of hydrogen-bond donors (Lipinski definition) is 1. The number of anilines is 1. The number of alkyl halides is 1. The second-order valence-corrected chi connectivity index (χ2v) is 4.60. The molecule has 0 aliphatic rings. The van der Waals surface area contributed by atoms with Gasteiger partial charge in [-0.3, -0.25) is 0 Å². The van der Waals surface area contributed by atoms with Gasteiger partial charge in [0.1, 0.15) is 5.82 Å². The highest BCUT2D eigenvalue weighted by Crippen LogP contribution is 2.19. The van der Waals surface area contributed by atoms with Crippen LogP contribution in [0.15, 0.2) is 42.5 Å². The Balaban J connectivity index is 2.06. The molecular weight excluding hydrogens is 272 g/mol. The molecule has 0 fully saturated rings. The van der Waals surface area contributed by atoms with Crippen LogP contribution in [-0.4, -0.2) is 0 Å². The summed E-state index contributed by atoms with van der Waals surface area (Å²) in [7, 11) is 0. The fraction of sp³-hybridized carbons (Fsp3) is 0.143. The molecular formula is C14H12Cl2FN. The second kappa shape index (κ2) is 6.07. The summed E-state index contributed by atoms with van der Waals surface area (Å²) in [6, 6.07) is 12.2. The Morgan fingerprint density at radius 3 is 2.67 bits per heavy atom. The van der Waals surface area contributed by atoms with Gasteiger partial charge < -0.3 is 5.32 Å². The van der Waals surface area contributed by atoms with Gasteiger partial charge in [-0.15, -0.1) is 11.6 Å². The van der Waals surface area contributed by atoms with Gasteiger partial charge in [0.25, 0.3) is 0 Å².